The van der Waals surface area contributed by atoms with Gasteiger partial charge < -0.3 is 10.1 Å². The van der Waals surface area contributed by atoms with Gasteiger partial charge in [-0.05, 0) is 25.1 Å². The maximum atomic E-state index is 13.6. The van der Waals surface area contributed by atoms with Crippen LogP contribution in [0.3, 0.4) is 0 Å². The molecule has 2 aromatic rings. The summed E-state index contributed by atoms with van der Waals surface area (Å²) in [7, 11) is 0. The van der Waals surface area contributed by atoms with Crippen LogP contribution in [-0.2, 0) is 9.53 Å². The number of nitrogens with zero attached hydrogens (tertiary/aromatic N) is 3. The van der Waals surface area contributed by atoms with E-state index in [4.69, 9.17) is 27.9 Å². The molecule has 0 aliphatic carbocycles. The van der Waals surface area contributed by atoms with Gasteiger partial charge in [0.2, 0.25) is 5.78 Å². The van der Waals surface area contributed by atoms with Gasteiger partial charge in [0.15, 0.2) is 16.8 Å². The Morgan fingerprint density at radius 1 is 1.36 bits per heavy atom. The molecule has 0 spiro atoms. The molecule has 132 valence electrons. The molecular weight excluding hydrogens is 378 g/mol. The standard InChI is InChI=1S/C14H11Cl2FN4O4/c1-3-24-14(23)8(5-18-13-6(2)20-25-21-13)10(22)7-4-9(17)12(16)19-11(7)15/h4-5H,3H2,1-2H3,(H,18,21). The van der Waals surface area contributed by atoms with Gasteiger partial charge in [0.1, 0.15) is 16.4 Å². The summed E-state index contributed by atoms with van der Waals surface area (Å²) < 4.78 is 22.9. The molecule has 0 aliphatic heterocycles. The lowest BCUT2D eigenvalue weighted by atomic mass is 10.1. The SMILES string of the molecule is CCOC(=O)C(=CNc1nonc1C)C(=O)c1cc(F)c(Cl)nc1Cl. The predicted octanol–water partition coefficient (Wildman–Crippen LogP) is 2.96. The molecule has 0 saturated carbocycles. The number of Topliss-reactive ketones (excluding diaryl/α,β-unsaturated/α-hetero) is 1. The first-order chi connectivity index (χ1) is 11.8. The molecule has 11 heteroatoms. The number of esters is 1. The van der Waals surface area contributed by atoms with Crippen molar-refractivity contribution in [3.63, 3.8) is 0 Å². The Morgan fingerprint density at radius 2 is 2.08 bits per heavy atom. The quantitative estimate of drug-likeness (QED) is 0.201. The van der Waals surface area contributed by atoms with Crippen molar-refractivity contribution in [2.45, 2.75) is 13.8 Å². The maximum Gasteiger partial charge on any atom is 0.343 e. The average molecular weight is 389 g/mol. The van der Waals surface area contributed by atoms with Crippen molar-refractivity contribution in [2.75, 3.05) is 11.9 Å². The monoisotopic (exact) mass is 388 g/mol. The lowest BCUT2D eigenvalue weighted by Crippen LogP contribution is -2.18. The van der Waals surface area contributed by atoms with Gasteiger partial charge in [-0.3, -0.25) is 4.79 Å². The van der Waals surface area contributed by atoms with Crippen LogP contribution in [0.4, 0.5) is 10.2 Å². The van der Waals surface area contributed by atoms with Crippen molar-refractivity contribution in [3.8, 4) is 0 Å². The number of hydrogen-bond acceptors (Lipinski definition) is 8. The van der Waals surface area contributed by atoms with Crippen LogP contribution in [0, 0.1) is 12.7 Å². The summed E-state index contributed by atoms with van der Waals surface area (Å²) in [6, 6.07) is 0.788. The van der Waals surface area contributed by atoms with Crippen molar-refractivity contribution >= 4 is 40.8 Å². The normalized spacial score (nSPS) is 11.3. The van der Waals surface area contributed by atoms with E-state index in [2.05, 4.69) is 25.2 Å². The maximum absolute atomic E-state index is 13.6. The van der Waals surface area contributed by atoms with Crippen LogP contribution in [0.2, 0.25) is 10.3 Å². The summed E-state index contributed by atoms with van der Waals surface area (Å²) >= 11 is 11.3. The van der Waals surface area contributed by atoms with E-state index in [0.717, 1.165) is 12.3 Å². The number of ether oxygens (including phenoxy) is 1. The summed E-state index contributed by atoms with van der Waals surface area (Å²) in [6.45, 7) is 3.18. The number of carbonyl (C=O) groups is 2. The van der Waals surface area contributed by atoms with Gasteiger partial charge in [-0.1, -0.05) is 28.4 Å². The first kappa shape index (κ1) is 18.8. The van der Waals surface area contributed by atoms with E-state index in [1.807, 2.05) is 0 Å². The van der Waals surface area contributed by atoms with Crippen molar-refractivity contribution in [2.24, 2.45) is 0 Å². The molecule has 0 bridgehead atoms. The van der Waals surface area contributed by atoms with Crippen LogP contribution in [0.25, 0.3) is 0 Å². The van der Waals surface area contributed by atoms with E-state index < -0.39 is 28.3 Å². The molecule has 2 heterocycles. The average Bonchev–Trinajstić information content (AvgIpc) is 2.96. The molecular formula is C14H11Cl2FN4O4. The summed E-state index contributed by atoms with van der Waals surface area (Å²) in [5.74, 6) is -2.63. The Labute approximate surface area is 150 Å². The molecule has 0 amide bonds. The second kappa shape index (κ2) is 8.04. The zero-order valence-electron chi connectivity index (χ0n) is 13.0. The third-order valence-corrected chi connectivity index (χ3v) is 3.43. The number of aromatic nitrogens is 3. The number of anilines is 1. The summed E-state index contributed by atoms with van der Waals surface area (Å²) in [6.07, 6.45) is 1.04. The molecule has 0 saturated heterocycles. The van der Waals surface area contributed by atoms with Gasteiger partial charge in [-0.25, -0.2) is 18.8 Å². The number of aryl methyl sites for hydroxylation is 1. The lowest BCUT2D eigenvalue weighted by Gasteiger charge is -2.08. The van der Waals surface area contributed by atoms with Crippen LogP contribution >= 0.6 is 23.2 Å². The van der Waals surface area contributed by atoms with Gasteiger partial charge >= 0.3 is 5.97 Å². The van der Waals surface area contributed by atoms with E-state index in [-0.39, 0.29) is 23.1 Å². The number of hydrogen-bond donors (Lipinski definition) is 1. The molecule has 8 nitrogen and oxygen atoms in total. The van der Waals surface area contributed by atoms with Crippen LogP contribution in [0.1, 0.15) is 23.0 Å². The highest BCUT2D eigenvalue weighted by atomic mass is 35.5. The van der Waals surface area contributed by atoms with E-state index in [9.17, 15) is 14.0 Å². The van der Waals surface area contributed by atoms with Crippen LogP contribution in [0.5, 0.6) is 0 Å². The Hall–Kier alpha value is -2.52. The highest BCUT2D eigenvalue weighted by Gasteiger charge is 2.25. The number of ketones is 1. The summed E-state index contributed by atoms with van der Waals surface area (Å²) in [5, 5.41) is 8.83. The van der Waals surface area contributed by atoms with Gasteiger partial charge in [-0.2, -0.15) is 0 Å². The van der Waals surface area contributed by atoms with E-state index in [1.54, 1.807) is 13.8 Å². The topological polar surface area (TPSA) is 107 Å². The Morgan fingerprint density at radius 3 is 2.68 bits per heavy atom. The number of halogens is 3. The highest BCUT2D eigenvalue weighted by molar-refractivity contribution is 6.37. The molecule has 2 rings (SSSR count). The molecule has 0 aliphatic rings. The minimum absolute atomic E-state index is 0.0228. The third kappa shape index (κ3) is 4.31. The first-order valence-electron chi connectivity index (χ1n) is 6.84. The molecule has 0 fully saturated rings. The Balaban J connectivity index is 2.41. The molecule has 0 atom stereocenters. The zero-order valence-corrected chi connectivity index (χ0v) is 14.5. The zero-order chi connectivity index (χ0) is 18.6. The third-order valence-electron chi connectivity index (χ3n) is 2.88. The number of pyridine rings is 1. The van der Waals surface area contributed by atoms with Crippen molar-refractivity contribution in [3.05, 3.63) is 45.2 Å². The van der Waals surface area contributed by atoms with Crippen molar-refractivity contribution in [1.29, 1.82) is 0 Å². The molecule has 0 aromatic carbocycles. The Kier molecular flexibility index (Phi) is 6.05. The second-order valence-electron chi connectivity index (χ2n) is 4.55. The van der Waals surface area contributed by atoms with Crippen LogP contribution in [-0.4, -0.2) is 33.7 Å². The minimum atomic E-state index is -0.956. The van der Waals surface area contributed by atoms with Crippen LogP contribution in [0.15, 0.2) is 22.5 Å². The molecule has 0 unspecified atom stereocenters. The van der Waals surface area contributed by atoms with Crippen molar-refractivity contribution < 1.29 is 23.3 Å². The highest BCUT2D eigenvalue weighted by Crippen LogP contribution is 2.23. The van der Waals surface area contributed by atoms with Gasteiger partial charge in [-0.15, -0.1) is 0 Å². The largest absolute Gasteiger partial charge is 0.462 e. The first-order valence-corrected chi connectivity index (χ1v) is 7.60. The number of nitrogens with one attached hydrogen (secondary N) is 1. The van der Waals surface area contributed by atoms with Crippen molar-refractivity contribution in [1.82, 2.24) is 15.3 Å². The number of rotatable bonds is 6. The molecule has 0 radical (unpaired) electrons. The summed E-state index contributed by atoms with van der Waals surface area (Å²) in [4.78, 5) is 28.2. The van der Waals surface area contributed by atoms with Gasteiger partial charge in [0.05, 0.1) is 12.2 Å². The molecule has 1 N–H and O–H groups in total. The molecule has 25 heavy (non-hydrogen) atoms. The van der Waals surface area contributed by atoms with Gasteiger partial charge in [0.25, 0.3) is 0 Å². The minimum Gasteiger partial charge on any atom is -0.462 e. The fourth-order valence-corrected chi connectivity index (χ4v) is 2.09. The van der Waals surface area contributed by atoms with Crippen LogP contribution < -0.4 is 5.32 Å². The molecule has 2 aromatic heterocycles. The summed E-state index contributed by atoms with van der Waals surface area (Å²) in [5.41, 5.74) is -0.404. The fraction of sp³-hybridized carbons (Fsp3) is 0.214. The fourth-order valence-electron chi connectivity index (χ4n) is 1.68. The van der Waals surface area contributed by atoms with E-state index in [0.29, 0.717) is 5.69 Å². The van der Waals surface area contributed by atoms with E-state index in [1.165, 1.54) is 0 Å². The second-order valence-corrected chi connectivity index (χ2v) is 5.27. The van der Waals surface area contributed by atoms with Gasteiger partial charge in [0, 0.05) is 6.20 Å². The predicted molar refractivity (Wildman–Crippen MR) is 85.9 cm³/mol. The van der Waals surface area contributed by atoms with E-state index >= 15 is 0 Å². The smallest absolute Gasteiger partial charge is 0.343 e. The lowest BCUT2D eigenvalue weighted by molar-refractivity contribution is -0.138. The number of carbonyl (C=O) groups excluding carboxylic acids is 2. The Bertz CT molecular complexity index is 853.